The summed E-state index contributed by atoms with van der Waals surface area (Å²) in [5, 5.41) is 6.10. The summed E-state index contributed by atoms with van der Waals surface area (Å²) in [6.45, 7) is 6.93. The number of carbonyl (C=O) groups excluding carboxylic acids is 1. The van der Waals surface area contributed by atoms with Gasteiger partial charge in [0.25, 0.3) is 0 Å². The molecule has 0 radical (unpaired) electrons. The van der Waals surface area contributed by atoms with Crippen molar-refractivity contribution in [2.45, 2.75) is 45.1 Å². The van der Waals surface area contributed by atoms with Crippen molar-refractivity contribution in [3.05, 3.63) is 29.8 Å². The van der Waals surface area contributed by atoms with E-state index in [1.54, 1.807) is 0 Å². The van der Waals surface area contributed by atoms with Crippen molar-refractivity contribution in [3.8, 4) is 0 Å². The zero-order valence-electron chi connectivity index (χ0n) is 11.4. The zero-order valence-corrected chi connectivity index (χ0v) is 11.4. The zero-order chi connectivity index (χ0) is 13.2. The molecule has 1 aliphatic rings. The highest BCUT2D eigenvalue weighted by molar-refractivity contribution is 5.81. The number of hydrogen-bond acceptors (Lipinski definition) is 2. The lowest BCUT2D eigenvalue weighted by Crippen LogP contribution is -2.31. The van der Waals surface area contributed by atoms with E-state index < -0.39 is 0 Å². The van der Waals surface area contributed by atoms with Crippen molar-refractivity contribution in [3.63, 3.8) is 0 Å². The molecule has 2 N–H and O–H groups in total. The highest BCUT2D eigenvalue weighted by Gasteiger charge is 2.22. The molecule has 98 valence electrons. The van der Waals surface area contributed by atoms with Crippen molar-refractivity contribution in [2.75, 3.05) is 11.9 Å². The Hall–Kier alpha value is -1.51. The molecule has 3 nitrogen and oxygen atoms in total. The van der Waals surface area contributed by atoms with E-state index in [1.807, 2.05) is 12.1 Å². The molecule has 0 spiro atoms. The molecule has 0 atom stereocenters. The van der Waals surface area contributed by atoms with Crippen molar-refractivity contribution in [1.82, 2.24) is 5.32 Å². The van der Waals surface area contributed by atoms with E-state index in [2.05, 4.69) is 43.5 Å². The van der Waals surface area contributed by atoms with E-state index in [0.29, 0.717) is 12.6 Å². The summed E-state index contributed by atoms with van der Waals surface area (Å²) in [5.74, 6) is 0.0809. The van der Waals surface area contributed by atoms with E-state index >= 15 is 0 Å². The van der Waals surface area contributed by atoms with E-state index in [0.717, 1.165) is 18.5 Å². The van der Waals surface area contributed by atoms with Gasteiger partial charge in [0.2, 0.25) is 5.91 Å². The Morgan fingerprint density at radius 2 is 1.83 bits per heavy atom. The van der Waals surface area contributed by atoms with Crippen LogP contribution in [0.2, 0.25) is 0 Å². The normalized spacial score (nSPS) is 15.3. The first kappa shape index (κ1) is 12.9. The highest BCUT2D eigenvalue weighted by Crippen LogP contribution is 2.23. The van der Waals surface area contributed by atoms with Gasteiger partial charge >= 0.3 is 0 Å². The second kappa shape index (κ2) is 5.01. The van der Waals surface area contributed by atoms with Gasteiger partial charge in [-0.15, -0.1) is 0 Å². The Morgan fingerprint density at radius 1 is 1.22 bits per heavy atom. The van der Waals surface area contributed by atoms with Crippen LogP contribution in [0, 0.1) is 0 Å². The molecule has 0 aliphatic heterocycles. The quantitative estimate of drug-likeness (QED) is 0.857. The Kier molecular flexibility index (Phi) is 3.60. The summed E-state index contributed by atoms with van der Waals surface area (Å²) < 4.78 is 0. The smallest absolute Gasteiger partial charge is 0.239 e. The van der Waals surface area contributed by atoms with Gasteiger partial charge in [0.15, 0.2) is 0 Å². The van der Waals surface area contributed by atoms with Gasteiger partial charge in [0.1, 0.15) is 0 Å². The third kappa shape index (κ3) is 3.76. The summed E-state index contributed by atoms with van der Waals surface area (Å²) >= 11 is 0. The first-order chi connectivity index (χ1) is 8.45. The number of anilines is 1. The third-order valence-electron chi connectivity index (χ3n) is 3.15. The minimum absolute atomic E-state index is 0.0809. The van der Waals surface area contributed by atoms with Gasteiger partial charge in [-0.3, -0.25) is 4.79 Å². The number of carbonyl (C=O) groups is 1. The number of nitrogens with one attached hydrogen (secondary N) is 2. The molecule has 18 heavy (non-hydrogen) atoms. The molecule has 1 fully saturated rings. The van der Waals surface area contributed by atoms with Crippen LogP contribution in [0.1, 0.15) is 39.2 Å². The first-order valence-corrected chi connectivity index (χ1v) is 6.59. The Morgan fingerprint density at radius 3 is 2.33 bits per heavy atom. The predicted octanol–water partition coefficient (Wildman–Crippen LogP) is 2.67. The fourth-order valence-corrected chi connectivity index (χ4v) is 1.78. The van der Waals surface area contributed by atoms with Crippen LogP contribution in [0.3, 0.4) is 0 Å². The van der Waals surface area contributed by atoms with E-state index in [-0.39, 0.29) is 11.3 Å². The molecule has 1 aliphatic carbocycles. The monoisotopic (exact) mass is 246 g/mol. The van der Waals surface area contributed by atoms with Gasteiger partial charge in [0, 0.05) is 11.7 Å². The Balaban J connectivity index is 1.84. The lowest BCUT2D eigenvalue weighted by Gasteiger charge is -2.19. The van der Waals surface area contributed by atoms with Crippen molar-refractivity contribution >= 4 is 11.6 Å². The molecule has 3 heteroatoms. The second-order valence-electron chi connectivity index (χ2n) is 6.02. The van der Waals surface area contributed by atoms with Gasteiger partial charge in [-0.1, -0.05) is 32.9 Å². The van der Waals surface area contributed by atoms with Gasteiger partial charge in [-0.25, -0.2) is 0 Å². The summed E-state index contributed by atoms with van der Waals surface area (Å²) in [6.07, 6.45) is 2.26. The molecule has 1 saturated carbocycles. The minimum Gasteiger partial charge on any atom is -0.376 e. The SMILES string of the molecule is CC(C)(C)c1ccc(NCC(=O)NC2CC2)cc1. The average molecular weight is 246 g/mol. The maximum absolute atomic E-state index is 11.5. The molecule has 0 bridgehead atoms. The standard InChI is InChI=1S/C15H22N2O/c1-15(2,3)11-4-6-12(7-5-11)16-10-14(18)17-13-8-9-13/h4-7,13,16H,8-10H2,1-3H3,(H,17,18). The molecule has 0 unspecified atom stereocenters. The predicted molar refractivity (Wildman–Crippen MR) is 74.8 cm³/mol. The topological polar surface area (TPSA) is 41.1 Å². The molecule has 1 aromatic rings. The molecule has 0 saturated heterocycles. The van der Waals surface area contributed by atoms with Crippen LogP contribution in [-0.2, 0) is 10.2 Å². The lowest BCUT2D eigenvalue weighted by molar-refractivity contribution is -0.119. The number of amides is 1. The van der Waals surface area contributed by atoms with Crippen LogP contribution in [0.25, 0.3) is 0 Å². The van der Waals surface area contributed by atoms with E-state index in [1.165, 1.54) is 5.56 Å². The summed E-state index contributed by atoms with van der Waals surface area (Å²) in [5.41, 5.74) is 2.46. The van der Waals surface area contributed by atoms with Crippen molar-refractivity contribution < 1.29 is 4.79 Å². The van der Waals surface area contributed by atoms with E-state index in [9.17, 15) is 4.79 Å². The first-order valence-electron chi connectivity index (χ1n) is 6.59. The molecular weight excluding hydrogens is 224 g/mol. The van der Waals surface area contributed by atoms with Crippen LogP contribution in [0.4, 0.5) is 5.69 Å². The van der Waals surface area contributed by atoms with Crippen LogP contribution >= 0.6 is 0 Å². The lowest BCUT2D eigenvalue weighted by atomic mass is 9.87. The average Bonchev–Trinajstić information content (AvgIpc) is 3.10. The van der Waals surface area contributed by atoms with Crippen molar-refractivity contribution in [2.24, 2.45) is 0 Å². The second-order valence-corrected chi connectivity index (χ2v) is 6.02. The van der Waals surface area contributed by atoms with E-state index in [4.69, 9.17) is 0 Å². The molecule has 0 aromatic heterocycles. The molecule has 1 aromatic carbocycles. The van der Waals surface area contributed by atoms with Crippen molar-refractivity contribution in [1.29, 1.82) is 0 Å². The molecule has 2 rings (SSSR count). The summed E-state index contributed by atoms with van der Waals surface area (Å²) in [4.78, 5) is 11.5. The molecular formula is C15H22N2O. The van der Waals surface area contributed by atoms with Crippen LogP contribution in [-0.4, -0.2) is 18.5 Å². The summed E-state index contributed by atoms with van der Waals surface area (Å²) in [7, 11) is 0. The summed E-state index contributed by atoms with van der Waals surface area (Å²) in [6, 6.07) is 8.72. The van der Waals surface area contributed by atoms with Crippen LogP contribution in [0.5, 0.6) is 0 Å². The minimum atomic E-state index is 0.0809. The van der Waals surface area contributed by atoms with Gasteiger partial charge in [-0.2, -0.15) is 0 Å². The van der Waals surface area contributed by atoms with Crippen LogP contribution < -0.4 is 10.6 Å². The molecule has 0 heterocycles. The van der Waals surface area contributed by atoms with Gasteiger partial charge in [-0.05, 0) is 36.0 Å². The van der Waals surface area contributed by atoms with Gasteiger partial charge < -0.3 is 10.6 Å². The molecule has 1 amide bonds. The fourth-order valence-electron chi connectivity index (χ4n) is 1.78. The number of benzene rings is 1. The number of hydrogen-bond donors (Lipinski definition) is 2. The Bertz CT molecular complexity index is 413. The third-order valence-corrected chi connectivity index (χ3v) is 3.15. The largest absolute Gasteiger partial charge is 0.376 e. The van der Waals surface area contributed by atoms with Crippen LogP contribution in [0.15, 0.2) is 24.3 Å². The maximum Gasteiger partial charge on any atom is 0.239 e. The Labute approximate surface area is 109 Å². The fraction of sp³-hybridized carbons (Fsp3) is 0.533. The maximum atomic E-state index is 11.5. The number of rotatable bonds is 4. The van der Waals surface area contributed by atoms with Gasteiger partial charge in [0.05, 0.1) is 6.54 Å². The highest BCUT2D eigenvalue weighted by atomic mass is 16.2.